The third-order valence-corrected chi connectivity index (χ3v) is 3.34. The molecule has 0 aliphatic heterocycles. The Morgan fingerprint density at radius 2 is 1.26 bits per heavy atom. The molecule has 0 aromatic rings. The number of hydrogen-bond donors (Lipinski definition) is 1. The van der Waals surface area contributed by atoms with Crippen molar-refractivity contribution in [2.24, 2.45) is 4.99 Å². The molecule has 0 saturated carbocycles. The fourth-order valence-electron chi connectivity index (χ4n) is 2.19. The number of nitrogens with zero attached hydrogens (tertiary/aromatic N) is 1. The summed E-state index contributed by atoms with van der Waals surface area (Å²) in [5, 5.41) is 8.36. The van der Waals surface area contributed by atoms with Crippen molar-refractivity contribution in [2.45, 2.75) is 84.0 Å². The number of carboxylic acids is 1. The van der Waals surface area contributed by atoms with E-state index in [0.717, 1.165) is 12.6 Å². The number of unbranched alkanes of at least 4 members (excludes halogenated alkanes) is 11. The van der Waals surface area contributed by atoms with Crippen LogP contribution in [-0.2, 0) is 4.79 Å². The molecule has 0 fully saturated rings. The largest absolute Gasteiger partial charge is 0.477 e. The Morgan fingerprint density at radius 1 is 0.842 bits per heavy atom. The van der Waals surface area contributed by atoms with E-state index in [1.54, 1.807) is 0 Å². The van der Waals surface area contributed by atoms with Crippen LogP contribution in [-0.4, -0.2) is 23.8 Å². The Labute approximate surface area is 118 Å². The molecule has 0 unspecified atom stereocenters. The summed E-state index contributed by atoms with van der Waals surface area (Å²) in [5.74, 6) is -0.945. The van der Waals surface area contributed by atoms with Gasteiger partial charge in [0.1, 0.15) is 6.21 Å². The van der Waals surface area contributed by atoms with Gasteiger partial charge in [-0.25, -0.2) is 4.79 Å². The van der Waals surface area contributed by atoms with E-state index < -0.39 is 5.97 Å². The SMILES string of the molecule is CCCCCCCCCCCCCCN=CC(=O)O. The second-order valence-corrected chi connectivity index (χ2v) is 5.26. The van der Waals surface area contributed by atoms with Crippen molar-refractivity contribution in [1.29, 1.82) is 0 Å². The van der Waals surface area contributed by atoms with Gasteiger partial charge >= 0.3 is 5.97 Å². The van der Waals surface area contributed by atoms with Crippen molar-refractivity contribution in [2.75, 3.05) is 6.54 Å². The van der Waals surface area contributed by atoms with Gasteiger partial charge in [0.15, 0.2) is 0 Å². The number of rotatable bonds is 14. The first-order valence-corrected chi connectivity index (χ1v) is 8.00. The molecule has 3 nitrogen and oxygen atoms in total. The van der Waals surface area contributed by atoms with Gasteiger partial charge in [-0.15, -0.1) is 0 Å². The molecule has 3 heteroatoms. The molecule has 0 aromatic carbocycles. The van der Waals surface area contributed by atoms with E-state index in [1.165, 1.54) is 70.6 Å². The third kappa shape index (κ3) is 17.1. The van der Waals surface area contributed by atoms with Crippen molar-refractivity contribution in [3.63, 3.8) is 0 Å². The maximum absolute atomic E-state index is 10.2. The molecule has 0 radical (unpaired) electrons. The first-order chi connectivity index (χ1) is 9.27. The number of carbonyl (C=O) groups is 1. The van der Waals surface area contributed by atoms with Gasteiger partial charge in [-0.3, -0.25) is 4.99 Å². The smallest absolute Gasteiger partial charge is 0.346 e. The maximum Gasteiger partial charge on any atom is 0.346 e. The molecule has 0 aromatic heterocycles. The maximum atomic E-state index is 10.2. The van der Waals surface area contributed by atoms with Crippen LogP contribution in [0, 0.1) is 0 Å². The molecule has 0 spiro atoms. The van der Waals surface area contributed by atoms with Crippen LogP contribution >= 0.6 is 0 Å². The summed E-state index contributed by atoms with van der Waals surface area (Å²) in [6.45, 7) is 2.91. The van der Waals surface area contributed by atoms with Crippen LogP contribution in [0.3, 0.4) is 0 Å². The Kier molecular flexibility index (Phi) is 14.5. The molecule has 0 saturated heterocycles. The molecule has 0 amide bonds. The van der Waals surface area contributed by atoms with Gasteiger partial charge in [0.25, 0.3) is 0 Å². The number of aliphatic imine (C=N–C) groups is 1. The van der Waals surface area contributed by atoms with Gasteiger partial charge in [0.05, 0.1) is 0 Å². The van der Waals surface area contributed by atoms with Crippen LogP contribution in [0.15, 0.2) is 4.99 Å². The number of hydrogen-bond acceptors (Lipinski definition) is 2. The normalized spacial score (nSPS) is 11.2. The van der Waals surface area contributed by atoms with Gasteiger partial charge in [0, 0.05) is 6.54 Å². The molecular weight excluding hydrogens is 238 g/mol. The summed E-state index contributed by atoms with van der Waals surface area (Å²) in [5.41, 5.74) is 0. The minimum atomic E-state index is -0.945. The monoisotopic (exact) mass is 269 g/mol. The van der Waals surface area contributed by atoms with E-state index in [9.17, 15) is 4.79 Å². The van der Waals surface area contributed by atoms with Crippen molar-refractivity contribution < 1.29 is 9.90 Å². The standard InChI is InChI=1S/C16H31NO2/c1-2-3-4-5-6-7-8-9-10-11-12-13-14-17-15-16(18)19/h15H,2-14H2,1H3,(H,18,19). The Balaban J connectivity index is 3.01. The second-order valence-electron chi connectivity index (χ2n) is 5.26. The van der Waals surface area contributed by atoms with Crippen LogP contribution in [0.25, 0.3) is 0 Å². The summed E-state index contributed by atoms with van der Waals surface area (Å²) in [7, 11) is 0. The van der Waals surface area contributed by atoms with Gasteiger partial charge in [-0.1, -0.05) is 77.6 Å². The van der Waals surface area contributed by atoms with E-state index in [-0.39, 0.29) is 0 Å². The second kappa shape index (κ2) is 15.2. The molecule has 0 rings (SSSR count). The van der Waals surface area contributed by atoms with E-state index >= 15 is 0 Å². The Bertz CT molecular complexity index is 227. The lowest BCUT2D eigenvalue weighted by molar-refractivity contribution is -0.128. The van der Waals surface area contributed by atoms with E-state index in [2.05, 4.69) is 11.9 Å². The molecule has 112 valence electrons. The molecular formula is C16H31NO2. The highest BCUT2D eigenvalue weighted by atomic mass is 16.4. The zero-order valence-electron chi connectivity index (χ0n) is 12.6. The lowest BCUT2D eigenvalue weighted by Crippen LogP contribution is -1.96. The van der Waals surface area contributed by atoms with Gasteiger partial charge in [-0.05, 0) is 6.42 Å². The van der Waals surface area contributed by atoms with E-state index in [1.807, 2.05) is 0 Å². The molecule has 19 heavy (non-hydrogen) atoms. The summed E-state index contributed by atoms with van der Waals surface area (Å²) in [6.07, 6.45) is 16.8. The molecule has 0 aliphatic rings. The van der Waals surface area contributed by atoms with Crippen LogP contribution in [0.5, 0.6) is 0 Å². The molecule has 0 bridgehead atoms. The van der Waals surface area contributed by atoms with Gasteiger partial charge in [-0.2, -0.15) is 0 Å². The van der Waals surface area contributed by atoms with E-state index in [4.69, 9.17) is 5.11 Å². The Morgan fingerprint density at radius 3 is 1.68 bits per heavy atom. The van der Waals surface area contributed by atoms with E-state index in [0.29, 0.717) is 6.54 Å². The highest BCUT2D eigenvalue weighted by Crippen LogP contribution is 2.11. The minimum Gasteiger partial charge on any atom is -0.477 e. The average Bonchev–Trinajstić information content (AvgIpc) is 2.39. The summed E-state index contributed by atoms with van der Waals surface area (Å²) < 4.78 is 0. The fourth-order valence-corrected chi connectivity index (χ4v) is 2.19. The summed E-state index contributed by atoms with van der Waals surface area (Å²) in [6, 6.07) is 0. The van der Waals surface area contributed by atoms with Crippen molar-refractivity contribution in [1.82, 2.24) is 0 Å². The lowest BCUT2D eigenvalue weighted by Gasteiger charge is -2.02. The first kappa shape index (κ1) is 18.1. The van der Waals surface area contributed by atoms with Crippen molar-refractivity contribution >= 4 is 12.2 Å². The third-order valence-electron chi connectivity index (χ3n) is 3.34. The molecule has 1 N–H and O–H groups in total. The predicted molar refractivity (Wildman–Crippen MR) is 82.1 cm³/mol. The predicted octanol–water partition coefficient (Wildman–Crippen LogP) is 4.84. The van der Waals surface area contributed by atoms with Crippen molar-refractivity contribution in [3.8, 4) is 0 Å². The summed E-state index contributed by atoms with van der Waals surface area (Å²) >= 11 is 0. The molecule has 0 heterocycles. The summed E-state index contributed by atoms with van der Waals surface area (Å²) in [4.78, 5) is 14.0. The number of carboxylic acid groups (broad SMARTS) is 1. The Hall–Kier alpha value is -0.860. The zero-order valence-corrected chi connectivity index (χ0v) is 12.6. The first-order valence-electron chi connectivity index (χ1n) is 8.00. The van der Waals surface area contributed by atoms with Crippen LogP contribution in [0.2, 0.25) is 0 Å². The average molecular weight is 269 g/mol. The lowest BCUT2D eigenvalue weighted by atomic mass is 10.1. The zero-order chi connectivity index (χ0) is 14.2. The van der Waals surface area contributed by atoms with Crippen LogP contribution in [0.1, 0.15) is 84.0 Å². The van der Waals surface area contributed by atoms with Gasteiger partial charge in [0.2, 0.25) is 0 Å². The quantitative estimate of drug-likeness (QED) is 0.362. The topological polar surface area (TPSA) is 49.7 Å². The fraction of sp³-hybridized carbons (Fsp3) is 0.875. The number of aliphatic carboxylic acids is 1. The minimum absolute atomic E-state index is 0.656. The highest BCUT2D eigenvalue weighted by Gasteiger charge is 1.93. The highest BCUT2D eigenvalue weighted by molar-refractivity contribution is 6.21. The molecule has 0 atom stereocenters. The van der Waals surface area contributed by atoms with Crippen LogP contribution in [0.4, 0.5) is 0 Å². The van der Waals surface area contributed by atoms with Crippen molar-refractivity contribution in [3.05, 3.63) is 0 Å². The van der Waals surface area contributed by atoms with Crippen LogP contribution < -0.4 is 0 Å². The molecule has 0 aliphatic carbocycles. The van der Waals surface area contributed by atoms with Gasteiger partial charge < -0.3 is 5.11 Å².